The van der Waals surface area contributed by atoms with E-state index in [9.17, 15) is 4.79 Å². The summed E-state index contributed by atoms with van der Waals surface area (Å²) in [5.74, 6) is 0.833. The zero-order valence-corrected chi connectivity index (χ0v) is 19.3. The number of amides is 1. The molecular formula is C27H35N3O2. The van der Waals surface area contributed by atoms with E-state index < -0.39 is 0 Å². The van der Waals surface area contributed by atoms with Crippen molar-refractivity contribution in [2.45, 2.75) is 52.0 Å². The predicted octanol–water partition coefficient (Wildman–Crippen LogP) is 5.41. The molecule has 0 radical (unpaired) electrons. The quantitative estimate of drug-likeness (QED) is 0.435. The number of fused-ring (bicyclic) bond motifs is 1. The summed E-state index contributed by atoms with van der Waals surface area (Å²) in [5, 5.41) is 4.11. The minimum Gasteiger partial charge on any atom is -0.494 e. The third-order valence-electron chi connectivity index (χ3n) is 6.40. The van der Waals surface area contributed by atoms with E-state index in [0.29, 0.717) is 18.3 Å². The van der Waals surface area contributed by atoms with Crippen molar-refractivity contribution in [2.75, 3.05) is 26.2 Å². The molecule has 32 heavy (non-hydrogen) atoms. The molecule has 1 N–H and O–H groups in total. The van der Waals surface area contributed by atoms with Crippen LogP contribution in [0.15, 0.2) is 54.6 Å². The van der Waals surface area contributed by atoms with Crippen LogP contribution in [0.2, 0.25) is 0 Å². The molecule has 0 bridgehead atoms. The Morgan fingerprint density at radius 2 is 1.94 bits per heavy atom. The zero-order valence-electron chi connectivity index (χ0n) is 19.3. The van der Waals surface area contributed by atoms with Crippen LogP contribution >= 0.6 is 0 Å². The Bertz CT molecular complexity index is 1030. The van der Waals surface area contributed by atoms with Crippen LogP contribution in [0.4, 0.5) is 0 Å². The number of ether oxygens (including phenoxy) is 1. The highest BCUT2D eigenvalue weighted by Crippen LogP contribution is 2.26. The van der Waals surface area contributed by atoms with Crippen molar-refractivity contribution >= 4 is 16.8 Å². The second kappa shape index (κ2) is 10.7. The lowest BCUT2D eigenvalue weighted by atomic mass is 10.2. The average Bonchev–Trinajstić information content (AvgIpc) is 3.40. The van der Waals surface area contributed by atoms with Crippen molar-refractivity contribution in [1.29, 1.82) is 0 Å². The molecule has 0 saturated carbocycles. The summed E-state index contributed by atoms with van der Waals surface area (Å²) < 4.78 is 8.03. The van der Waals surface area contributed by atoms with Gasteiger partial charge in [-0.05, 0) is 75.5 Å². The van der Waals surface area contributed by atoms with Gasteiger partial charge in [0.15, 0.2) is 0 Å². The maximum absolute atomic E-state index is 12.9. The van der Waals surface area contributed by atoms with Gasteiger partial charge in [0, 0.05) is 30.2 Å². The van der Waals surface area contributed by atoms with E-state index in [-0.39, 0.29) is 5.91 Å². The molecule has 0 spiro atoms. The van der Waals surface area contributed by atoms with Crippen LogP contribution in [-0.2, 0) is 0 Å². The molecule has 1 aliphatic rings. The van der Waals surface area contributed by atoms with Crippen LogP contribution in [0, 0.1) is 0 Å². The lowest BCUT2D eigenvalue weighted by molar-refractivity contribution is 0.0946. The summed E-state index contributed by atoms with van der Waals surface area (Å²) in [6.45, 7) is 8.18. The first-order chi connectivity index (χ1) is 15.7. The summed E-state index contributed by atoms with van der Waals surface area (Å²) >= 11 is 0. The molecule has 0 aliphatic carbocycles. The fourth-order valence-electron chi connectivity index (χ4n) is 4.54. The third kappa shape index (κ3) is 5.16. The Morgan fingerprint density at radius 1 is 1.12 bits per heavy atom. The number of unbranched alkanes of at least 4 members (excludes halogenated alkanes) is 1. The molecule has 5 heteroatoms. The van der Waals surface area contributed by atoms with Gasteiger partial charge in [0.1, 0.15) is 11.4 Å². The number of nitrogens with zero attached hydrogens (tertiary/aromatic N) is 2. The van der Waals surface area contributed by atoms with Crippen molar-refractivity contribution in [3.63, 3.8) is 0 Å². The highest BCUT2D eigenvalue weighted by atomic mass is 16.5. The van der Waals surface area contributed by atoms with E-state index in [1.807, 2.05) is 53.1 Å². The van der Waals surface area contributed by atoms with Gasteiger partial charge in [0.2, 0.25) is 0 Å². The summed E-state index contributed by atoms with van der Waals surface area (Å²) in [5.41, 5.74) is 2.65. The molecule has 1 fully saturated rings. The first-order valence-corrected chi connectivity index (χ1v) is 12.0. The Labute approximate surface area is 191 Å². The maximum atomic E-state index is 12.9. The SMILES string of the molecule is CCCCNC(=O)c1cc2ccccc2n1-c1ccc(OCCCN2CCCC2C)cc1. The number of hydrogen-bond acceptors (Lipinski definition) is 3. The molecule has 1 aromatic heterocycles. The van der Waals surface area contributed by atoms with E-state index in [1.54, 1.807) is 0 Å². The summed E-state index contributed by atoms with van der Waals surface area (Å²) in [6, 6.07) is 18.9. The number of aromatic nitrogens is 1. The number of carbonyl (C=O) groups is 1. The van der Waals surface area contributed by atoms with Crippen molar-refractivity contribution in [1.82, 2.24) is 14.8 Å². The molecule has 2 heterocycles. The van der Waals surface area contributed by atoms with Gasteiger partial charge in [-0.25, -0.2) is 0 Å². The van der Waals surface area contributed by atoms with Crippen molar-refractivity contribution < 1.29 is 9.53 Å². The van der Waals surface area contributed by atoms with Crippen molar-refractivity contribution in [3.8, 4) is 11.4 Å². The normalized spacial score (nSPS) is 16.5. The Morgan fingerprint density at radius 3 is 2.69 bits per heavy atom. The fourth-order valence-corrected chi connectivity index (χ4v) is 4.54. The molecule has 1 unspecified atom stereocenters. The maximum Gasteiger partial charge on any atom is 0.268 e. The van der Waals surface area contributed by atoms with Crippen LogP contribution < -0.4 is 10.1 Å². The Hall–Kier alpha value is -2.79. The first-order valence-electron chi connectivity index (χ1n) is 12.0. The minimum absolute atomic E-state index is 0.0360. The molecule has 1 aliphatic heterocycles. The zero-order chi connectivity index (χ0) is 22.3. The molecule has 1 atom stereocenters. The van der Waals surface area contributed by atoms with Gasteiger partial charge in [-0.2, -0.15) is 0 Å². The van der Waals surface area contributed by atoms with E-state index in [4.69, 9.17) is 4.74 Å². The summed E-state index contributed by atoms with van der Waals surface area (Å²) in [6.07, 6.45) is 5.71. The van der Waals surface area contributed by atoms with Gasteiger partial charge in [-0.15, -0.1) is 0 Å². The van der Waals surface area contributed by atoms with Gasteiger partial charge in [-0.1, -0.05) is 31.5 Å². The van der Waals surface area contributed by atoms with Gasteiger partial charge < -0.3 is 19.5 Å². The molecule has 4 rings (SSSR count). The number of benzene rings is 2. The Balaban J connectivity index is 1.45. The lowest BCUT2D eigenvalue weighted by Crippen LogP contribution is -2.28. The highest BCUT2D eigenvalue weighted by Gasteiger charge is 2.19. The largest absolute Gasteiger partial charge is 0.494 e. The third-order valence-corrected chi connectivity index (χ3v) is 6.40. The topological polar surface area (TPSA) is 46.5 Å². The monoisotopic (exact) mass is 433 g/mol. The van der Waals surface area contributed by atoms with Crippen LogP contribution in [0.5, 0.6) is 5.75 Å². The van der Waals surface area contributed by atoms with E-state index >= 15 is 0 Å². The lowest BCUT2D eigenvalue weighted by Gasteiger charge is -2.20. The van der Waals surface area contributed by atoms with Crippen LogP contribution in [0.1, 0.15) is 56.4 Å². The summed E-state index contributed by atoms with van der Waals surface area (Å²) in [4.78, 5) is 15.4. The highest BCUT2D eigenvalue weighted by molar-refractivity contribution is 6.00. The van der Waals surface area contributed by atoms with E-state index in [2.05, 4.69) is 30.1 Å². The van der Waals surface area contributed by atoms with Gasteiger partial charge in [0.05, 0.1) is 12.1 Å². The summed E-state index contributed by atoms with van der Waals surface area (Å²) in [7, 11) is 0. The number of likely N-dealkylation sites (tertiary alicyclic amines) is 1. The number of carbonyl (C=O) groups excluding carboxylic acids is 1. The molecular weight excluding hydrogens is 398 g/mol. The molecule has 3 aromatic rings. The van der Waals surface area contributed by atoms with Gasteiger partial charge in [-0.3, -0.25) is 4.79 Å². The number of hydrogen-bond donors (Lipinski definition) is 1. The minimum atomic E-state index is -0.0360. The van der Waals surface area contributed by atoms with Crippen molar-refractivity contribution in [2.24, 2.45) is 0 Å². The number of para-hydroxylation sites is 1. The number of nitrogens with one attached hydrogen (secondary N) is 1. The van der Waals surface area contributed by atoms with Crippen molar-refractivity contribution in [3.05, 3.63) is 60.3 Å². The second-order valence-electron chi connectivity index (χ2n) is 8.76. The standard InChI is InChI=1S/C27H35N3O2/c1-3-4-16-28-27(31)26-20-22-10-5-6-11-25(22)30(26)23-12-14-24(15-13-23)32-19-8-18-29-17-7-9-21(29)2/h5-6,10-15,20-21H,3-4,7-9,16-19H2,1-2H3,(H,28,31). The van der Waals surface area contributed by atoms with Crippen LogP contribution in [0.25, 0.3) is 16.6 Å². The molecule has 170 valence electrons. The van der Waals surface area contributed by atoms with Gasteiger partial charge >= 0.3 is 0 Å². The van der Waals surface area contributed by atoms with Gasteiger partial charge in [0.25, 0.3) is 5.91 Å². The second-order valence-corrected chi connectivity index (χ2v) is 8.76. The smallest absolute Gasteiger partial charge is 0.268 e. The molecule has 1 amide bonds. The molecule has 1 saturated heterocycles. The Kier molecular flexibility index (Phi) is 7.48. The number of rotatable bonds is 10. The van der Waals surface area contributed by atoms with Crippen LogP contribution in [0.3, 0.4) is 0 Å². The average molecular weight is 434 g/mol. The van der Waals surface area contributed by atoms with E-state index in [0.717, 1.165) is 54.8 Å². The first kappa shape index (κ1) is 22.4. The molecule has 2 aromatic carbocycles. The predicted molar refractivity (Wildman–Crippen MR) is 131 cm³/mol. The fraction of sp³-hybridized carbons (Fsp3) is 0.444. The molecule has 5 nitrogen and oxygen atoms in total. The van der Waals surface area contributed by atoms with E-state index in [1.165, 1.54) is 19.4 Å². The van der Waals surface area contributed by atoms with Crippen LogP contribution in [-0.4, -0.2) is 47.7 Å².